The highest BCUT2D eigenvalue weighted by atomic mass is 19.1. The molecule has 0 aliphatic carbocycles. The van der Waals surface area contributed by atoms with Crippen LogP contribution in [0.3, 0.4) is 0 Å². The summed E-state index contributed by atoms with van der Waals surface area (Å²) < 4.78 is 12.8. The van der Waals surface area contributed by atoms with E-state index in [4.69, 9.17) is 0 Å². The summed E-state index contributed by atoms with van der Waals surface area (Å²) in [6.45, 7) is 7.79. The van der Waals surface area contributed by atoms with E-state index >= 15 is 0 Å². The fraction of sp³-hybridized carbons (Fsp3) is 0.571. The van der Waals surface area contributed by atoms with Crippen LogP contribution in [-0.4, -0.2) is 37.6 Å². The van der Waals surface area contributed by atoms with E-state index in [1.54, 1.807) is 12.1 Å². The van der Waals surface area contributed by atoms with Crippen LogP contribution in [0.25, 0.3) is 0 Å². The van der Waals surface area contributed by atoms with Crippen LogP contribution in [0, 0.1) is 5.82 Å². The Morgan fingerprint density at radius 2 is 1.71 bits per heavy atom. The van der Waals surface area contributed by atoms with Crippen molar-refractivity contribution in [2.24, 2.45) is 0 Å². The van der Waals surface area contributed by atoms with E-state index in [2.05, 4.69) is 16.7 Å². The first kappa shape index (κ1) is 12.4. The second-order valence-electron chi connectivity index (χ2n) is 4.66. The smallest absolute Gasteiger partial charge is 0.123 e. The van der Waals surface area contributed by atoms with Gasteiger partial charge in [-0.05, 0) is 37.2 Å². The largest absolute Gasteiger partial charge is 0.369 e. The minimum Gasteiger partial charge on any atom is -0.369 e. The number of halogens is 1. The Labute approximate surface area is 103 Å². The fourth-order valence-electron chi connectivity index (χ4n) is 2.26. The second-order valence-corrected chi connectivity index (χ2v) is 4.66. The Bertz CT molecular complexity index is 329. The molecule has 0 amide bonds. The maximum Gasteiger partial charge on any atom is 0.123 e. The van der Waals surface area contributed by atoms with Crippen molar-refractivity contribution in [1.29, 1.82) is 0 Å². The Morgan fingerprint density at radius 3 is 2.29 bits per heavy atom. The van der Waals surface area contributed by atoms with Crippen molar-refractivity contribution in [1.82, 2.24) is 4.90 Å². The van der Waals surface area contributed by atoms with Crippen molar-refractivity contribution in [2.45, 2.75) is 19.8 Å². The molecule has 0 atom stereocenters. The van der Waals surface area contributed by atoms with Crippen molar-refractivity contribution in [2.75, 3.05) is 37.6 Å². The maximum atomic E-state index is 12.8. The van der Waals surface area contributed by atoms with Crippen LogP contribution >= 0.6 is 0 Å². The normalized spacial score (nSPS) is 17.4. The molecule has 0 N–H and O–H groups in total. The third-order valence-electron chi connectivity index (χ3n) is 3.39. The van der Waals surface area contributed by atoms with Crippen LogP contribution in [0.2, 0.25) is 0 Å². The molecule has 0 bridgehead atoms. The number of unbranched alkanes of at least 4 members (excludes halogenated alkanes) is 1. The van der Waals surface area contributed by atoms with Crippen LogP contribution < -0.4 is 4.90 Å². The van der Waals surface area contributed by atoms with Gasteiger partial charge in [-0.25, -0.2) is 4.39 Å². The molecule has 94 valence electrons. The predicted octanol–water partition coefficient (Wildman–Crippen LogP) is 2.75. The highest BCUT2D eigenvalue weighted by Gasteiger charge is 2.16. The summed E-state index contributed by atoms with van der Waals surface area (Å²) in [6.07, 6.45) is 2.55. The van der Waals surface area contributed by atoms with E-state index in [-0.39, 0.29) is 5.82 Å². The summed E-state index contributed by atoms with van der Waals surface area (Å²) in [4.78, 5) is 4.85. The van der Waals surface area contributed by atoms with E-state index in [0.29, 0.717) is 0 Å². The molecule has 0 saturated carbocycles. The van der Waals surface area contributed by atoms with E-state index < -0.39 is 0 Å². The zero-order valence-electron chi connectivity index (χ0n) is 10.5. The van der Waals surface area contributed by atoms with Crippen molar-refractivity contribution < 1.29 is 4.39 Å². The topological polar surface area (TPSA) is 6.48 Å². The molecule has 0 radical (unpaired) electrons. The van der Waals surface area contributed by atoms with Gasteiger partial charge in [-0.2, -0.15) is 0 Å². The molecule has 1 fully saturated rings. The molecule has 17 heavy (non-hydrogen) atoms. The predicted molar refractivity (Wildman–Crippen MR) is 70.0 cm³/mol. The summed E-state index contributed by atoms with van der Waals surface area (Å²) >= 11 is 0. The molecule has 3 heteroatoms. The molecule has 0 spiro atoms. The van der Waals surface area contributed by atoms with E-state index in [9.17, 15) is 4.39 Å². The summed E-state index contributed by atoms with van der Waals surface area (Å²) in [5, 5.41) is 0. The van der Waals surface area contributed by atoms with Crippen molar-refractivity contribution in [3.8, 4) is 0 Å². The lowest BCUT2D eigenvalue weighted by atomic mass is 10.2. The number of hydrogen-bond acceptors (Lipinski definition) is 2. The molecule has 1 aromatic rings. The van der Waals surface area contributed by atoms with Gasteiger partial charge >= 0.3 is 0 Å². The molecule has 1 aromatic carbocycles. The molecular formula is C14H21FN2. The van der Waals surface area contributed by atoms with Gasteiger partial charge < -0.3 is 4.90 Å². The number of nitrogens with zero attached hydrogens (tertiary/aromatic N) is 2. The van der Waals surface area contributed by atoms with Gasteiger partial charge in [0.25, 0.3) is 0 Å². The zero-order valence-corrected chi connectivity index (χ0v) is 10.5. The van der Waals surface area contributed by atoms with Crippen LogP contribution in [-0.2, 0) is 0 Å². The molecule has 1 aliphatic rings. The second kappa shape index (κ2) is 6.01. The first-order valence-electron chi connectivity index (χ1n) is 6.52. The molecule has 1 saturated heterocycles. The van der Waals surface area contributed by atoms with Crippen LogP contribution in [0.15, 0.2) is 24.3 Å². The first-order chi connectivity index (χ1) is 8.29. The minimum absolute atomic E-state index is 0.157. The number of hydrogen-bond donors (Lipinski definition) is 0. The van der Waals surface area contributed by atoms with Crippen LogP contribution in [0.5, 0.6) is 0 Å². The van der Waals surface area contributed by atoms with Gasteiger partial charge in [0.15, 0.2) is 0 Å². The number of anilines is 1. The van der Waals surface area contributed by atoms with Gasteiger partial charge in [0.05, 0.1) is 0 Å². The zero-order chi connectivity index (χ0) is 12.1. The van der Waals surface area contributed by atoms with Gasteiger partial charge in [0.1, 0.15) is 5.82 Å². The molecule has 2 rings (SSSR count). The average molecular weight is 236 g/mol. The van der Waals surface area contributed by atoms with Crippen molar-refractivity contribution in [3.05, 3.63) is 30.1 Å². The monoisotopic (exact) mass is 236 g/mol. The minimum atomic E-state index is -0.157. The van der Waals surface area contributed by atoms with Crippen molar-refractivity contribution in [3.63, 3.8) is 0 Å². The molecular weight excluding hydrogens is 215 g/mol. The van der Waals surface area contributed by atoms with Gasteiger partial charge in [0, 0.05) is 31.9 Å². The van der Waals surface area contributed by atoms with E-state index in [1.165, 1.54) is 19.4 Å². The summed E-state index contributed by atoms with van der Waals surface area (Å²) in [6, 6.07) is 6.83. The number of benzene rings is 1. The number of rotatable bonds is 4. The fourth-order valence-corrected chi connectivity index (χ4v) is 2.26. The van der Waals surface area contributed by atoms with Crippen LogP contribution in [0.1, 0.15) is 19.8 Å². The Kier molecular flexibility index (Phi) is 4.37. The van der Waals surface area contributed by atoms with Crippen LogP contribution in [0.4, 0.5) is 10.1 Å². The molecule has 2 nitrogen and oxygen atoms in total. The molecule has 1 heterocycles. The van der Waals surface area contributed by atoms with Gasteiger partial charge in [-0.1, -0.05) is 13.3 Å². The Balaban J connectivity index is 1.84. The maximum absolute atomic E-state index is 12.8. The summed E-state index contributed by atoms with van der Waals surface area (Å²) in [5.41, 5.74) is 1.14. The van der Waals surface area contributed by atoms with E-state index in [1.807, 2.05) is 12.1 Å². The Morgan fingerprint density at radius 1 is 1.06 bits per heavy atom. The van der Waals surface area contributed by atoms with Gasteiger partial charge in [-0.15, -0.1) is 0 Å². The van der Waals surface area contributed by atoms with E-state index in [0.717, 1.165) is 31.9 Å². The highest BCUT2D eigenvalue weighted by Crippen LogP contribution is 2.16. The SMILES string of the molecule is CCCCN1CCN(c2ccc(F)cc2)CC1. The third kappa shape index (κ3) is 3.43. The first-order valence-corrected chi connectivity index (χ1v) is 6.52. The lowest BCUT2D eigenvalue weighted by Gasteiger charge is -2.36. The lowest BCUT2D eigenvalue weighted by Crippen LogP contribution is -2.46. The highest BCUT2D eigenvalue weighted by molar-refractivity contribution is 5.46. The van der Waals surface area contributed by atoms with Crippen molar-refractivity contribution >= 4 is 5.69 Å². The molecule has 0 unspecified atom stereocenters. The Hall–Kier alpha value is -1.09. The number of piperazine rings is 1. The third-order valence-corrected chi connectivity index (χ3v) is 3.39. The van der Waals surface area contributed by atoms with Gasteiger partial charge in [-0.3, -0.25) is 4.90 Å². The average Bonchev–Trinajstić information content (AvgIpc) is 2.38. The standard InChI is InChI=1S/C14H21FN2/c1-2-3-8-16-9-11-17(12-10-16)14-6-4-13(15)5-7-14/h4-7H,2-3,8-12H2,1H3. The quantitative estimate of drug-likeness (QED) is 0.793. The lowest BCUT2D eigenvalue weighted by molar-refractivity contribution is 0.254. The van der Waals surface area contributed by atoms with Gasteiger partial charge in [0.2, 0.25) is 0 Å². The summed E-state index contributed by atoms with van der Waals surface area (Å²) in [5.74, 6) is -0.157. The molecule has 1 aliphatic heterocycles. The summed E-state index contributed by atoms with van der Waals surface area (Å²) in [7, 11) is 0. The molecule has 0 aromatic heterocycles.